The molecule has 0 saturated heterocycles. The number of carbonyl (C=O) groups is 2. The van der Waals surface area contributed by atoms with Crippen LogP contribution in [0.4, 0.5) is 5.69 Å². The van der Waals surface area contributed by atoms with Crippen LogP contribution in [0.25, 0.3) is 0 Å². The molecule has 2 aromatic rings. The van der Waals surface area contributed by atoms with E-state index >= 15 is 0 Å². The second-order valence-corrected chi connectivity index (χ2v) is 12.0. The molecule has 0 aliphatic heterocycles. The van der Waals surface area contributed by atoms with Crippen molar-refractivity contribution in [3.8, 4) is 0 Å². The molecule has 0 aromatic heterocycles. The van der Waals surface area contributed by atoms with Crippen LogP contribution in [0.2, 0.25) is 10.0 Å². The molecule has 0 aliphatic rings. The minimum absolute atomic E-state index is 0.0738. The van der Waals surface area contributed by atoms with E-state index in [9.17, 15) is 18.0 Å². The number of hydrogen-bond donors (Lipinski definition) is 1. The number of anilines is 1. The van der Waals surface area contributed by atoms with Crippen molar-refractivity contribution in [2.24, 2.45) is 0 Å². The Morgan fingerprint density at radius 2 is 1.74 bits per heavy atom. The van der Waals surface area contributed by atoms with Crippen molar-refractivity contribution in [1.29, 1.82) is 0 Å². The molecule has 0 aliphatic carbocycles. The quantitative estimate of drug-likeness (QED) is 0.551. The molecule has 186 valence electrons. The van der Waals surface area contributed by atoms with Crippen molar-refractivity contribution >= 4 is 50.7 Å². The third kappa shape index (κ3) is 7.89. The molecule has 2 amide bonds. The van der Waals surface area contributed by atoms with Gasteiger partial charge in [-0.3, -0.25) is 13.9 Å². The van der Waals surface area contributed by atoms with Crippen molar-refractivity contribution in [2.75, 3.05) is 17.1 Å². The van der Waals surface area contributed by atoms with Crippen molar-refractivity contribution in [1.82, 2.24) is 10.2 Å². The normalized spacial score (nSPS) is 12.7. The van der Waals surface area contributed by atoms with Gasteiger partial charge in [0.1, 0.15) is 12.6 Å². The van der Waals surface area contributed by atoms with Gasteiger partial charge in [0.15, 0.2) is 0 Å². The number of hydrogen-bond acceptors (Lipinski definition) is 4. The van der Waals surface area contributed by atoms with Gasteiger partial charge in [0.25, 0.3) is 0 Å². The van der Waals surface area contributed by atoms with Gasteiger partial charge in [-0.25, -0.2) is 8.42 Å². The molecule has 0 spiro atoms. The van der Waals surface area contributed by atoms with E-state index in [0.29, 0.717) is 15.6 Å². The molecule has 1 N–H and O–H groups in total. The maximum absolute atomic E-state index is 13.5. The van der Waals surface area contributed by atoms with Gasteiger partial charge >= 0.3 is 0 Å². The summed E-state index contributed by atoms with van der Waals surface area (Å²) in [6.45, 7) is 8.51. The molecular formula is C24H31Cl2N3O4S. The van der Waals surface area contributed by atoms with Gasteiger partial charge in [-0.05, 0) is 70.0 Å². The largest absolute Gasteiger partial charge is 0.350 e. The van der Waals surface area contributed by atoms with Crippen LogP contribution in [0.1, 0.15) is 38.8 Å². The van der Waals surface area contributed by atoms with Crippen LogP contribution in [-0.2, 0) is 26.2 Å². The van der Waals surface area contributed by atoms with Crippen molar-refractivity contribution in [3.63, 3.8) is 0 Å². The van der Waals surface area contributed by atoms with Crippen LogP contribution >= 0.6 is 23.2 Å². The summed E-state index contributed by atoms with van der Waals surface area (Å²) >= 11 is 12.3. The van der Waals surface area contributed by atoms with E-state index in [2.05, 4.69) is 5.32 Å². The lowest BCUT2D eigenvalue weighted by Gasteiger charge is -2.33. The SMILES string of the molecule is Cc1ccc(N(CC(=O)N(Cc2cccc(Cl)c2)[C@H](C)C(=O)NC(C)(C)C)S(C)(=O)=O)cc1Cl. The molecule has 0 heterocycles. The second-order valence-electron chi connectivity index (χ2n) is 9.27. The van der Waals surface area contributed by atoms with Crippen molar-refractivity contribution < 1.29 is 18.0 Å². The molecule has 0 bridgehead atoms. The number of nitrogens with zero attached hydrogens (tertiary/aromatic N) is 2. The Morgan fingerprint density at radius 3 is 2.26 bits per heavy atom. The second kappa shape index (κ2) is 11.0. The highest BCUT2D eigenvalue weighted by Crippen LogP contribution is 2.25. The summed E-state index contributed by atoms with van der Waals surface area (Å²) in [5.41, 5.74) is 1.25. The lowest BCUT2D eigenvalue weighted by Crippen LogP contribution is -2.54. The smallest absolute Gasteiger partial charge is 0.244 e. The average Bonchev–Trinajstić information content (AvgIpc) is 2.69. The van der Waals surface area contributed by atoms with Gasteiger partial charge in [0, 0.05) is 22.1 Å². The molecule has 2 aromatic carbocycles. The van der Waals surface area contributed by atoms with Crippen LogP contribution in [0.3, 0.4) is 0 Å². The molecule has 0 saturated carbocycles. The third-order valence-corrected chi connectivity index (χ3v) is 6.81. The summed E-state index contributed by atoms with van der Waals surface area (Å²) in [6.07, 6.45) is 1.02. The zero-order valence-electron chi connectivity index (χ0n) is 20.2. The first-order valence-corrected chi connectivity index (χ1v) is 13.3. The topological polar surface area (TPSA) is 86.8 Å². The van der Waals surface area contributed by atoms with Gasteiger partial charge in [-0.15, -0.1) is 0 Å². The fourth-order valence-electron chi connectivity index (χ4n) is 3.24. The minimum Gasteiger partial charge on any atom is -0.350 e. The number of halogens is 2. The molecular weight excluding hydrogens is 497 g/mol. The minimum atomic E-state index is -3.82. The summed E-state index contributed by atoms with van der Waals surface area (Å²) in [4.78, 5) is 27.8. The van der Waals surface area contributed by atoms with Crippen molar-refractivity contribution in [3.05, 3.63) is 63.6 Å². The molecule has 7 nitrogen and oxygen atoms in total. The van der Waals surface area contributed by atoms with Crippen molar-refractivity contribution in [2.45, 2.75) is 52.7 Å². The highest BCUT2D eigenvalue weighted by molar-refractivity contribution is 7.92. The summed E-state index contributed by atoms with van der Waals surface area (Å²) in [5.74, 6) is -0.897. The molecule has 0 radical (unpaired) electrons. The Kier molecular flexibility index (Phi) is 9.02. The van der Waals surface area contributed by atoms with Crippen LogP contribution in [0.5, 0.6) is 0 Å². The third-order valence-electron chi connectivity index (χ3n) is 5.03. The van der Waals surface area contributed by atoms with E-state index in [1.807, 2.05) is 20.8 Å². The van der Waals surface area contributed by atoms with Crippen LogP contribution in [0.15, 0.2) is 42.5 Å². The predicted octanol–water partition coefficient (Wildman–Crippen LogP) is 4.40. The lowest BCUT2D eigenvalue weighted by molar-refractivity contribution is -0.140. The van der Waals surface area contributed by atoms with E-state index in [0.717, 1.165) is 16.1 Å². The summed E-state index contributed by atoms with van der Waals surface area (Å²) in [5, 5.41) is 3.74. The number of nitrogens with one attached hydrogen (secondary N) is 1. The zero-order valence-corrected chi connectivity index (χ0v) is 22.6. The Balaban J connectivity index is 2.43. The lowest BCUT2D eigenvalue weighted by atomic mass is 10.1. The Labute approximate surface area is 212 Å². The average molecular weight is 529 g/mol. The maximum atomic E-state index is 13.5. The van der Waals surface area contributed by atoms with E-state index in [1.165, 1.54) is 11.0 Å². The Hall–Kier alpha value is -2.29. The number of amides is 2. The molecule has 10 heteroatoms. The van der Waals surface area contributed by atoms with Gasteiger partial charge in [-0.2, -0.15) is 0 Å². The summed E-state index contributed by atoms with van der Waals surface area (Å²) in [7, 11) is -3.82. The van der Waals surface area contributed by atoms with Gasteiger partial charge in [-0.1, -0.05) is 41.4 Å². The number of rotatable bonds is 8. The zero-order chi connectivity index (χ0) is 25.8. The molecule has 0 fully saturated rings. The summed E-state index contributed by atoms with van der Waals surface area (Å²) < 4.78 is 26.2. The molecule has 0 unspecified atom stereocenters. The Bertz CT molecular complexity index is 1160. The first-order valence-electron chi connectivity index (χ1n) is 10.7. The van der Waals surface area contributed by atoms with Gasteiger partial charge < -0.3 is 10.2 Å². The highest BCUT2D eigenvalue weighted by atomic mass is 35.5. The first-order chi connectivity index (χ1) is 15.6. The molecule has 2 rings (SSSR count). The molecule has 34 heavy (non-hydrogen) atoms. The van der Waals surface area contributed by atoms with E-state index in [1.54, 1.807) is 50.2 Å². The number of carbonyl (C=O) groups excluding carboxylic acids is 2. The summed E-state index contributed by atoms with van der Waals surface area (Å²) in [6, 6.07) is 10.8. The number of sulfonamides is 1. The fourth-order valence-corrected chi connectivity index (χ4v) is 4.47. The number of aryl methyl sites for hydroxylation is 1. The predicted molar refractivity (Wildman–Crippen MR) is 138 cm³/mol. The van der Waals surface area contributed by atoms with Gasteiger partial charge in [0.05, 0.1) is 11.9 Å². The van der Waals surface area contributed by atoms with E-state index in [-0.39, 0.29) is 18.1 Å². The first kappa shape index (κ1) is 28.0. The van der Waals surface area contributed by atoms with E-state index in [4.69, 9.17) is 23.2 Å². The molecule has 1 atom stereocenters. The highest BCUT2D eigenvalue weighted by Gasteiger charge is 2.31. The van der Waals surface area contributed by atoms with Crippen LogP contribution in [-0.4, -0.2) is 49.5 Å². The monoisotopic (exact) mass is 527 g/mol. The van der Waals surface area contributed by atoms with Gasteiger partial charge in [0.2, 0.25) is 21.8 Å². The fraction of sp³-hybridized carbons (Fsp3) is 0.417. The van der Waals surface area contributed by atoms with E-state index < -0.39 is 34.1 Å². The van der Waals surface area contributed by atoms with Crippen LogP contribution < -0.4 is 9.62 Å². The maximum Gasteiger partial charge on any atom is 0.244 e. The standard InChI is InChI=1S/C24H31Cl2N3O4S/c1-16-10-11-20(13-21(16)26)29(34(6,32)33)15-22(30)28(14-18-8-7-9-19(25)12-18)17(2)23(31)27-24(3,4)5/h7-13,17H,14-15H2,1-6H3,(H,27,31)/t17-/m1/s1. The Morgan fingerprint density at radius 1 is 1.09 bits per heavy atom. The number of benzene rings is 2. The van der Waals surface area contributed by atoms with Crippen LogP contribution in [0, 0.1) is 6.92 Å².